The summed E-state index contributed by atoms with van der Waals surface area (Å²) in [5, 5.41) is 5.80. The van der Waals surface area contributed by atoms with Crippen LogP contribution in [0.2, 0.25) is 0 Å². The predicted molar refractivity (Wildman–Crippen MR) is 126 cm³/mol. The van der Waals surface area contributed by atoms with Gasteiger partial charge in [0, 0.05) is 6.08 Å². The van der Waals surface area contributed by atoms with E-state index in [0.717, 1.165) is 22.5 Å². The van der Waals surface area contributed by atoms with Crippen LogP contribution in [0.25, 0.3) is 27.9 Å². The molecular weight excluding hydrogens is 384 g/mol. The highest BCUT2D eigenvalue weighted by atomic mass is 16.5. The molecule has 4 aromatic carbocycles. The first-order chi connectivity index (χ1) is 15.3. The highest BCUT2D eigenvalue weighted by Crippen LogP contribution is 2.32. The first kappa shape index (κ1) is 18.7. The lowest BCUT2D eigenvalue weighted by Crippen LogP contribution is -1.95. The fourth-order valence-electron chi connectivity index (χ4n) is 3.32. The monoisotopic (exact) mass is 404 g/mol. The van der Waals surface area contributed by atoms with E-state index >= 15 is 0 Å². The van der Waals surface area contributed by atoms with E-state index in [-0.39, 0.29) is 0 Å². The number of hydrogen-bond donors (Lipinski definition) is 1. The average molecular weight is 404 g/mol. The number of para-hydroxylation sites is 4. The molecular formula is C27H20N2O2. The number of nitrogens with zero attached hydrogens (tertiary/aromatic N) is 1. The summed E-state index contributed by atoms with van der Waals surface area (Å²) in [7, 11) is 0. The summed E-state index contributed by atoms with van der Waals surface area (Å²) in [5.41, 5.74) is 2.61. The van der Waals surface area contributed by atoms with Gasteiger partial charge in [0.1, 0.15) is 5.52 Å². The number of allylic oxidation sites excluding steroid dienone is 2. The number of rotatable bonds is 2. The second kappa shape index (κ2) is 8.59. The molecule has 0 bridgehead atoms. The summed E-state index contributed by atoms with van der Waals surface area (Å²) >= 11 is 0. The lowest BCUT2D eigenvalue weighted by atomic mass is 10.1. The standard InChI is InChI=1S/C17H12N2O2.C10H8/c1-3-8-14-12(6-1)18-16(20-14)10-5-11-17-19-13-7-2-4-9-15(13)21-17;1-2-6-10-8-4-3-7-9(10)5-1/h1-11,18H;1-8H. The number of ether oxygens (including phenoxy) is 1. The van der Waals surface area contributed by atoms with Crippen LogP contribution in [0.15, 0.2) is 120 Å². The van der Waals surface area contributed by atoms with Crippen molar-refractivity contribution < 1.29 is 9.15 Å². The van der Waals surface area contributed by atoms with Crippen LogP contribution in [-0.4, -0.2) is 4.98 Å². The molecule has 0 atom stereocenters. The van der Waals surface area contributed by atoms with E-state index in [2.05, 4.69) is 58.8 Å². The SMILES string of the molecule is C(=Cc1nc2ccccc2o1)C=C1Nc2ccccc2O1.c1ccc2ccccc2c1. The Kier molecular flexibility index (Phi) is 5.18. The van der Waals surface area contributed by atoms with Crippen molar-refractivity contribution >= 4 is 33.6 Å². The van der Waals surface area contributed by atoms with Crippen molar-refractivity contribution in [3.63, 3.8) is 0 Å². The van der Waals surface area contributed by atoms with Gasteiger partial charge in [-0.25, -0.2) is 4.98 Å². The third kappa shape index (κ3) is 4.33. The van der Waals surface area contributed by atoms with Gasteiger partial charge in [-0.2, -0.15) is 0 Å². The molecule has 4 nitrogen and oxygen atoms in total. The molecule has 1 aliphatic rings. The molecule has 0 unspecified atom stereocenters. The van der Waals surface area contributed by atoms with Crippen molar-refractivity contribution in [2.45, 2.75) is 0 Å². The third-order valence-electron chi connectivity index (χ3n) is 4.82. The molecule has 0 saturated carbocycles. The maximum absolute atomic E-state index is 5.65. The Hall–Kier alpha value is -4.31. The molecule has 150 valence electrons. The Morgan fingerprint density at radius 3 is 2.06 bits per heavy atom. The molecule has 2 heterocycles. The van der Waals surface area contributed by atoms with Crippen LogP contribution < -0.4 is 10.1 Å². The fraction of sp³-hybridized carbons (Fsp3) is 0. The maximum atomic E-state index is 5.65. The molecule has 1 aliphatic heterocycles. The van der Waals surface area contributed by atoms with Crippen molar-refractivity contribution in [1.29, 1.82) is 0 Å². The Morgan fingerprint density at radius 2 is 1.35 bits per heavy atom. The maximum Gasteiger partial charge on any atom is 0.219 e. The van der Waals surface area contributed by atoms with Crippen molar-refractivity contribution in [2.24, 2.45) is 0 Å². The normalized spacial score (nSPS) is 13.6. The molecule has 0 radical (unpaired) electrons. The number of benzene rings is 4. The van der Waals surface area contributed by atoms with E-state index in [1.807, 2.05) is 60.7 Å². The Balaban J connectivity index is 0.000000171. The Morgan fingerprint density at radius 1 is 0.710 bits per heavy atom. The summed E-state index contributed by atoms with van der Waals surface area (Å²) in [6.45, 7) is 0. The Bertz CT molecular complexity index is 1270. The van der Waals surface area contributed by atoms with Crippen molar-refractivity contribution in [1.82, 2.24) is 4.98 Å². The molecule has 0 amide bonds. The highest BCUT2D eigenvalue weighted by molar-refractivity contribution is 5.82. The van der Waals surface area contributed by atoms with Gasteiger partial charge in [-0.3, -0.25) is 0 Å². The summed E-state index contributed by atoms with van der Waals surface area (Å²) in [4.78, 5) is 4.37. The van der Waals surface area contributed by atoms with Gasteiger partial charge in [0.15, 0.2) is 17.2 Å². The number of aromatic nitrogens is 1. The van der Waals surface area contributed by atoms with Gasteiger partial charge in [-0.1, -0.05) is 78.9 Å². The third-order valence-corrected chi connectivity index (χ3v) is 4.82. The minimum absolute atomic E-state index is 0.573. The summed E-state index contributed by atoms with van der Waals surface area (Å²) < 4.78 is 11.3. The summed E-state index contributed by atoms with van der Waals surface area (Å²) in [6.07, 6.45) is 5.49. The molecule has 4 heteroatoms. The van der Waals surface area contributed by atoms with E-state index in [1.165, 1.54) is 10.8 Å². The van der Waals surface area contributed by atoms with Gasteiger partial charge in [-0.15, -0.1) is 0 Å². The number of oxazole rings is 1. The predicted octanol–water partition coefficient (Wildman–Crippen LogP) is 7.03. The van der Waals surface area contributed by atoms with E-state index in [4.69, 9.17) is 9.15 Å². The molecule has 0 fully saturated rings. The van der Waals surface area contributed by atoms with Gasteiger partial charge in [-0.05, 0) is 41.1 Å². The van der Waals surface area contributed by atoms with Crippen LogP contribution in [-0.2, 0) is 0 Å². The first-order valence-electron chi connectivity index (χ1n) is 10.1. The van der Waals surface area contributed by atoms with Crippen molar-refractivity contribution in [3.8, 4) is 5.75 Å². The summed E-state index contributed by atoms with van der Waals surface area (Å²) in [5.74, 6) is 2.09. The largest absolute Gasteiger partial charge is 0.439 e. The first-order valence-corrected chi connectivity index (χ1v) is 10.1. The molecule has 0 aliphatic carbocycles. The minimum Gasteiger partial charge on any atom is -0.439 e. The van der Waals surface area contributed by atoms with Crippen LogP contribution in [0.4, 0.5) is 5.69 Å². The van der Waals surface area contributed by atoms with Crippen LogP contribution in [0, 0.1) is 0 Å². The van der Waals surface area contributed by atoms with E-state index in [9.17, 15) is 0 Å². The van der Waals surface area contributed by atoms with Crippen LogP contribution in [0.3, 0.4) is 0 Å². The lowest BCUT2D eigenvalue weighted by molar-refractivity contribution is 0.457. The Labute approximate surface area is 180 Å². The van der Waals surface area contributed by atoms with Crippen LogP contribution >= 0.6 is 0 Å². The van der Waals surface area contributed by atoms with Crippen LogP contribution in [0.1, 0.15) is 5.89 Å². The second-order valence-corrected chi connectivity index (χ2v) is 6.98. The molecule has 0 saturated heterocycles. The molecule has 0 spiro atoms. The smallest absolute Gasteiger partial charge is 0.219 e. The van der Waals surface area contributed by atoms with Gasteiger partial charge in [0.2, 0.25) is 5.89 Å². The molecule has 6 rings (SSSR count). The highest BCUT2D eigenvalue weighted by Gasteiger charge is 2.14. The quantitative estimate of drug-likeness (QED) is 0.343. The molecule has 1 N–H and O–H groups in total. The average Bonchev–Trinajstić information content (AvgIpc) is 3.43. The number of hydrogen-bond acceptors (Lipinski definition) is 4. The summed E-state index contributed by atoms with van der Waals surface area (Å²) in [6, 6.07) is 32.2. The topological polar surface area (TPSA) is 47.3 Å². The van der Waals surface area contributed by atoms with Crippen molar-refractivity contribution in [3.05, 3.63) is 121 Å². The van der Waals surface area contributed by atoms with Gasteiger partial charge in [0.25, 0.3) is 0 Å². The zero-order valence-corrected chi connectivity index (χ0v) is 16.7. The van der Waals surface area contributed by atoms with E-state index in [1.54, 1.807) is 6.08 Å². The molecule has 5 aromatic rings. The molecule has 31 heavy (non-hydrogen) atoms. The van der Waals surface area contributed by atoms with Gasteiger partial charge < -0.3 is 14.5 Å². The van der Waals surface area contributed by atoms with Gasteiger partial charge in [0.05, 0.1) is 5.69 Å². The van der Waals surface area contributed by atoms with Crippen molar-refractivity contribution in [2.75, 3.05) is 5.32 Å². The zero-order chi connectivity index (χ0) is 20.9. The minimum atomic E-state index is 0.573. The fourth-order valence-corrected chi connectivity index (χ4v) is 3.32. The van der Waals surface area contributed by atoms with Crippen LogP contribution in [0.5, 0.6) is 5.75 Å². The van der Waals surface area contributed by atoms with Gasteiger partial charge >= 0.3 is 0 Å². The molecule has 1 aromatic heterocycles. The van der Waals surface area contributed by atoms with E-state index in [0.29, 0.717) is 11.8 Å². The number of nitrogens with one attached hydrogen (secondary N) is 1. The second-order valence-electron chi connectivity index (χ2n) is 6.98. The zero-order valence-electron chi connectivity index (χ0n) is 16.7. The van der Waals surface area contributed by atoms with E-state index < -0.39 is 0 Å². The lowest BCUT2D eigenvalue weighted by Gasteiger charge is -1.94. The number of anilines is 1. The number of fused-ring (bicyclic) bond motifs is 3.